The summed E-state index contributed by atoms with van der Waals surface area (Å²) >= 11 is 0. The number of H-pyrrole nitrogens is 1. The van der Waals surface area contributed by atoms with E-state index in [4.69, 9.17) is 5.26 Å². The number of aromatic nitrogens is 4. The van der Waals surface area contributed by atoms with Gasteiger partial charge >= 0.3 is 6.03 Å². The smallest absolute Gasteiger partial charge is 0.319 e. The van der Waals surface area contributed by atoms with Gasteiger partial charge < -0.3 is 10.6 Å². The maximum absolute atomic E-state index is 11.9. The molecule has 0 aliphatic heterocycles. The third kappa shape index (κ3) is 4.39. The first kappa shape index (κ1) is 16.1. The van der Waals surface area contributed by atoms with E-state index in [0.717, 1.165) is 5.56 Å². The van der Waals surface area contributed by atoms with Gasteiger partial charge in [-0.3, -0.25) is 10.1 Å². The number of nitrogens with zero attached hydrogens (tertiary/aromatic N) is 4. The number of hydrogen-bond donors (Lipinski definition) is 3. The Bertz CT molecular complexity index is 899. The molecule has 2 amide bonds. The maximum atomic E-state index is 11.9. The third-order valence-electron chi connectivity index (χ3n) is 3.35. The number of hydrogen-bond acceptors (Lipinski definition) is 5. The minimum atomic E-state index is -0.345. The van der Waals surface area contributed by atoms with Crippen molar-refractivity contribution in [1.82, 2.24) is 25.5 Å². The highest BCUT2D eigenvalue weighted by atomic mass is 16.2. The molecule has 0 spiro atoms. The Labute approximate surface area is 143 Å². The van der Waals surface area contributed by atoms with Gasteiger partial charge in [0.05, 0.1) is 11.6 Å². The van der Waals surface area contributed by atoms with Crippen LogP contribution in [0, 0.1) is 11.3 Å². The van der Waals surface area contributed by atoms with E-state index in [2.05, 4.69) is 30.8 Å². The molecule has 0 unspecified atom stereocenters. The minimum Gasteiger partial charge on any atom is -0.337 e. The van der Waals surface area contributed by atoms with Crippen molar-refractivity contribution < 1.29 is 4.79 Å². The summed E-state index contributed by atoms with van der Waals surface area (Å²) in [5.41, 5.74) is 1.88. The quantitative estimate of drug-likeness (QED) is 0.660. The minimum absolute atomic E-state index is 0.345. The molecule has 8 heteroatoms. The molecule has 0 saturated carbocycles. The predicted molar refractivity (Wildman–Crippen MR) is 91.5 cm³/mol. The number of nitrogens with one attached hydrogen (secondary N) is 3. The highest BCUT2D eigenvalue weighted by Gasteiger charge is 2.07. The number of pyridine rings is 1. The molecule has 0 fully saturated rings. The second-order valence-electron chi connectivity index (χ2n) is 5.17. The van der Waals surface area contributed by atoms with Gasteiger partial charge in [-0.2, -0.15) is 10.4 Å². The number of urea groups is 1. The van der Waals surface area contributed by atoms with E-state index in [1.807, 2.05) is 18.2 Å². The molecule has 0 aliphatic rings. The summed E-state index contributed by atoms with van der Waals surface area (Å²) in [6.07, 6.45) is 3.89. The Morgan fingerprint density at radius 3 is 3.00 bits per heavy atom. The van der Waals surface area contributed by atoms with E-state index >= 15 is 0 Å². The predicted octanol–water partition coefficient (Wildman–Crippen LogP) is 2.10. The molecule has 8 nitrogen and oxygen atoms in total. The highest BCUT2D eigenvalue weighted by molar-refractivity contribution is 5.89. The summed E-state index contributed by atoms with van der Waals surface area (Å²) in [6, 6.07) is 12.1. The van der Waals surface area contributed by atoms with Crippen LogP contribution in [0.3, 0.4) is 0 Å². The molecule has 3 N–H and O–H groups in total. The van der Waals surface area contributed by atoms with Gasteiger partial charge in [0.15, 0.2) is 5.82 Å². The Balaban J connectivity index is 1.49. The topological polar surface area (TPSA) is 119 Å². The van der Waals surface area contributed by atoms with E-state index in [-0.39, 0.29) is 6.03 Å². The summed E-state index contributed by atoms with van der Waals surface area (Å²) in [4.78, 5) is 20.3. The van der Waals surface area contributed by atoms with Crippen LogP contribution < -0.4 is 10.6 Å². The summed E-state index contributed by atoms with van der Waals surface area (Å²) in [7, 11) is 0. The van der Waals surface area contributed by atoms with Gasteiger partial charge in [0.1, 0.15) is 5.82 Å². The van der Waals surface area contributed by atoms with Gasteiger partial charge in [-0.1, -0.05) is 6.07 Å². The number of amides is 2. The van der Waals surface area contributed by atoms with Crippen molar-refractivity contribution in [1.29, 1.82) is 5.26 Å². The lowest BCUT2D eigenvalue weighted by Crippen LogP contribution is -2.30. The summed E-state index contributed by atoms with van der Waals surface area (Å²) in [5.74, 6) is 1.24. The lowest BCUT2D eigenvalue weighted by Gasteiger charge is -2.06. The van der Waals surface area contributed by atoms with Gasteiger partial charge in [-0.25, -0.2) is 9.78 Å². The molecule has 3 aromatic rings. The van der Waals surface area contributed by atoms with Gasteiger partial charge in [0.25, 0.3) is 0 Å². The standard InChI is InChI=1S/C17H15N7O/c18-10-12-3-1-5-14(9-12)21-17(25)20-8-6-15-22-16(24-23-15)13-4-2-7-19-11-13/h1-5,7,9,11H,6,8H2,(H2,20,21,25)(H,22,23,24). The van der Waals surface area contributed by atoms with E-state index < -0.39 is 0 Å². The zero-order valence-corrected chi connectivity index (χ0v) is 13.2. The first-order valence-corrected chi connectivity index (χ1v) is 7.61. The van der Waals surface area contributed by atoms with E-state index in [0.29, 0.717) is 35.9 Å². The van der Waals surface area contributed by atoms with Crippen molar-refractivity contribution >= 4 is 11.7 Å². The number of anilines is 1. The van der Waals surface area contributed by atoms with Crippen molar-refractivity contribution in [3.8, 4) is 17.5 Å². The van der Waals surface area contributed by atoms with E-state index in [1.54, 1.807) is 36.7 Å². The number of rotatable bonds is 5. The fourth-order valence-electron chi connectivity index (χ4n) is 2.17. The van der Waals surface area contributed by atoms with E-state index in [9.17, 15) is 4.79 Å². The highest BCUT2D eigenvalue weighted by Crippen LogP contribution is 2.12. The maximum Gasteiger partial charge on any atom is 0.319 e. The number of carbonyl (C=O) groups is 1. The second kappa shape index (κ2) is 7.70. The average molecular weight is 333 g/mol. The van der Waals surface area contributed by atoms with Crippen LogP contribution in [0.15, 0.2) is 48.8 Å². The number of benzene rings is 1. The summed E-state index contributed by atoms with van der Waals surface area (Å²) in [6.45, 7) is 0.394. The fraction of sp³-hybridized carbons (Fsp3) is 0.118. The van der Waals surface area contributed by atoms with Crippen molar-refractivity contribution in [3.05, 3.63) is 60.2 Å². The van der Waals surface area contributed by atoms with Crippen molar-refractivity contribution in [2.24, 2.45) is 0 Å². The molecule has 0 radical (unpaired) electrons. The van der Waals surface area contributed by atoms with Crippen molar-refractivity contribution in [2.75, 3.05) is 11.9 Å². The van der Waals surface area contributed by atoms with Gasteiger partial charge in [-0.15, -0.1) is 0 Å². The van der Waals surface area contributed by atoms with Gasteiger partial charge in [0, 0.05) is 36.6 Å². The van der Waals surface area contributed by atoms with Crippen LogP contribution >= 0.6 is 0 Å². The SMILES string of the molecule is N#Cc1cccc(NC(=O)NCCc2nc(-c3cccnc3)n[nH]2)c1. The molecule has 25 heavy (non-hydrogen) atoms. The van der Waals surface area contributed by atoms with Crippen LogP contribution in [-0.2, 0) is 6.42 Å². The average Bonchev–Trinajstić information content (AvgIpc) is 3.11. The van der Waals surface area contributed by atoms with Crippen LogP contribution in [0.4, 0.5) is 10.5 Å². The van der Waals surface area contributed by atoms with Crippen LogP contribution in [0.5, 0.6) is 0 Å². The molecule has 2 heterocycles. The Morgan fingerprint density at radius 1 is 1.28 bits per heavy atom. The number of aromatic amines is 1. The van der Waals surface area contributed by atoms with E-state index in [1.165, 1.54) is 0 Å². The van der Waals surface area contributed by atoms with Crippen LogP contribution in [-0.4, -0.2) is 32.7 Å². The summed E-state index contributed by atoms with van der Waals surface area (Å²) < 4.78 is 0. The zero-order chi connectivity index (χ0) is 17.5. The zero-order valence-electron chi connectivity index (χ0n) is 13.2. The first-order valence-electron chi connectivity index (χ1n) is 7.61. The fourth-order valence-corrected chi connectivity index (χ4v) is 2.17. The van der Waals surface area contributed by atoms with Crippen molar-refractivity contribution in [3.63, 3.8) is 0 Å². The number of nitriles is 1. The van der Waals surface area contributed by atoms with Gasteiger partial charge in [0.2, 0.25) is 0 Å². The molecule has 124 valence electrons. The second-order valence-corrected chi connectivity index (χ2v) is 5.17. The molecule has 0 aliphatic carbocycles. The van der Waals surface area contributed by atoms with Crippen LogP contribution in [0.25, 0.3) is 11.4 Å². The third-order valence-corrected chi connectivity index (χ3v) is 3.35. The van der Waals surface area contributed by atoms with Crippen molar-refractivity contribution in [2.45, 2.75) is 6.42 Å². The molecule has 0 saturated heterocycles. The monoisotopic (exact) mass is 333 g/mol. The largest absolute Gasteiger partial charge is 0.337 e. The molecule has 2 aromatic heterocycles. The molecule has 3 rings (SSSR count). The molecular weight excluding hydrogens is 318 g/mol. The lowest BCUT2D eigenvalue weighted by atomic mass is 10.2. The lowest BCUT2D eigenvalue weighted by molar-refractivity contribution is 0.252. The molecule has 1 aromatic carbocycles. The summed E-state index contributed by atoms with van der Waals surface area (Å²) in [5, 5.41) is 21.2. The molecule has 0 atom stereocenters. The Morgan fingerprint density at radius 2 is 2.20 bits per heavy atom. The number of carbonyl (C=O) groups excluding carboxylic acids is 1. The molecule has 0 bridgehead atoms. The van der Waals surface area contributed by atoms with Crippen LogP contribution in [0.1, 0.15) is 11.4 Å². The normalized spacial score (nSPS) is 10.0. The molecular formula is C17H15N7O. The first-order chi connectivity index (χ1) is 12.2. The Hall–Kier alpha value is -3.73. The Kier molecular flexibility index (Phi) is 4.97. The van der Waals surface area contributed by atoms with Gasteiger partial charge in [-0.05, 0) is 30.3 Å². The van der Waals surface area contributed by atoms with Crippen LogP contribution in [0.2, 0.25) is 0 Å².